The van der Waals surface area contributed by atoms with Gasteiger partial charge in [0.05, 0.1) is 5.56 Å². The van der Waals surface area contributed by atoms with Gasteiger partial charge in [0.2, 0.25) is 0 Å². The van der Waals surface area contributed by atoms with E-state index in [9.17, 15) is 4.79 Å². The van der Waals surface area contributed by atoms with Crippen LogP contribution in [0.25, 0.3) is 0 Å². The quantitative estimate of drug-likeness (QED) is 0.734. The number of hydrogen-bond acceptors (Lipinski definition) is 2. The summed E-state index contributed by atoms with van der Waals surface area (Å²) in [5.41, 5.74) is 0.709. The molecule has 1 aliphatic heterocycles. The van der Waals surface area contributed by atoms with Gasteiger partial charge in [0.25, 0.3) is 5.91 Å². The average Bonchev–Trinajstić information content (AvgIpc) is 2.92. The van der Waals surface area contributed by atoms with Gasteiger partial charge in [-0.05, 0) is 89.6 Å². The molecule has 1 N–H and O–H groups in total. The van der Waals surface area contributed by atoms with Gasteiger partial charge in [0.1, 0.15) is 0 Å². The first-order chi connectivity index (χ1) is 9.08. The highest BCUT2D eigenvalue weighted by molar-refractivity contribution is 14.1. The number of nitrogens with zero attached hydrogens (tertiary/aromatic N) is 1. The van der Waals surface area contributed by atoms with Crippen LogP contribution < -0.4 is 5.32 Å². The fourth-order valence-corrected chi connectivity index (χ4v) is 3.24. The number of amides is 1. The van der Waals surface area contributed by atoms with E-state index in [0.29, 0.717) is 18.2 Å². The van der Waals surface area contributed by atoms with Gasteiger partial charge >= 0.3 is 0 Å². The first-order valence-electron chi connectivity index (χ1n) is 6.55. The topological polar surface area (TPSA) is 32.3 Å². The summed E-state index contributed by atoms with van der Waals surface area (Å²) in [5, 5.41) is 3.03. The molecule has 0 spiro atoms. The lowest BCUT2D eigenvalue weighted by Gasteiger charge is -2.23. The third-order valence-electron chi connectivity index (χ3n) is 3.50. The number of rotatable bonds is 4. The standard InChI is InChI=1S/C14H18BrIN2O/c1-10(18-6-2-3-7-18)9-17-14(19)12-8-11(16)4-5-13(12)15/h4-5,8,10H,2-3,6-7,9H2,1H3,(H,17,19). The van der Waals surface area contributed by atoms with Gasteiger partial charge in [0.15, 0.2) is 0 Å². The molecule has 1 aliphatic rings. The molecule has 1 unspecified atom stereocenters. The van der Waals surface area contributed by atoms with Crippen molar-refractivity contribution in [3.8, 4) is 0 Å². The second kappa shape index (κ2) is 7.04. The molecule has 1 atom stereocenters. The lowest BCUT2D eigenvalue weighted by atomic mass is 10.2. The van der Waals surface area contributed by atoms with Gasteiger partial charge in [0, 0.05) is 20.6 Å². The maximum Gasteiger partial charge on any atom is 0.252 e. The second-order valence-electron chi connectivity index (χ2n) is 4.93. The molecule has 1 heterocycles. The van der Waals surface area contributed by atoms with Crippen LogP contribution in [0.2, 0.25) is 0 Å². The first kappa shape index (κ1) is 15.3. The Balaban J connectivity index is 1.91. The Morgan fingerprint density at radius 1 is 1.47 bits per heavy atom. The maximum absolute atomic E-state index is 12.2. The number of carbonyl (C=O) groups excluding carboxylic acids is 1. The van der Waals surface area contributed by atoms with Crippen LogP contribution in [-0.2, 0) is 0 Å². The summed E-state index contributed by atoms with van der Waals surface area (Å²) in [4.78, 5) is 14.6. The molecule has 1 amide bonds. The highest BCUT2D eigenvalue weighted by atomic mass is 127. The summed E-state index contributed by atoms with van der Waals surface area (Å²) in [6.45, 7) is 5.19. The van der Waals surface area contributed by atoms with Crippen molar-refractivity contribution in [3.05, 3.63) is 31.8 Å². The molecule has 0 aliphatic carbocycles. The Labute approximate surface area is 136 Å². The second-order valence-corrected chi connectivity index (χ2v) is 7.03. The van der Waals surface area contributed by atoms with E-state index in [2.05, 4.69) is 55.7 Å². The van der Waals surface area contributed by atoms with Crippen molar-refractivity contribution in [1.29, 1.82) is 0 Å². The molecule has 1 aromatic carbocycles. The van der Waals surface area contributed by atoms with Gasteiger partial charge in [-0.1, -0.05) is 0 Å². The monoisotopic (exact) mass is 436 g/mol. The summed E-state index contributed by atoms with van der Waals surface area (Å²) in [7, 11) is 0. The van der Waals surface area contributed by atoms with Crippen LogP contribution in [0.3, 0.4) is 0 Å². The smallest absolute Gasteiger partial charge is 0.252 e. The minimum Gasteiger partial charge on any atom is -0.350 e. The lowest BCUT2D eigenvalue weighted by Crippen LogP contribution is -2.40. The molecule has 19 heavy (non-hydrogen) atoms. The van der Waals surface area contributed by atoms with Crippen molar-refractivity contribution < 1.29 is 4.79 Å². The predicted octanol–water partition coefficient (Wildman–Crippen LogP) is 3.27. The predicted molar refractivity (Wildman–Crippen MR) is 89.5 cm³/mol. The third kappa shape index (κ3) is 4.16. The fraction of sp³-hybridized carbons (Fsp3) is 0.500. The Morgan fingerprint density at radius 3 is 2.84 bits per heavy atom. The Kier molecular flexibility index (Phi) is 5.65. The Bertz CT molecular complexity index is 461. The zero-order chi connectivity index (χ0) is 13.8. The van der Waals surface area contributed by atoms with Crippen molar-refractivity contribution in [2.24, 2.45) is 0 Å². The van der Waals surface area contributed by atoms with Gasteiger partial charge < -0.3 is 5.32 Å². The number of likely N-dealkylation sites (tertiary alicyclic amines) is 1. The van der Waals surface area contributed by atoms with Crippen LogP contribution >= 0.6 is 38.5 Å². The van der Waals surface area contributed by atoms with Crippen LogP contribution in [0.15, 0.2) is 22.7 Å². The summed E-state index contributed by atoms with van der Waals surface area (Å²) >= 11 is 5.65. The van der Waals surface area contributed by atoms with E-state index in [1.807, 2.05) is 18.2 Å². The number of hydrogen-bond donors (Lipinski definition) is 1. The molecule has 0 bridgehead atoms. The van der Waals surface area contributed by atoms with Gasteiger partial charge in [-0.3, -0.25) is 9.69 Å². The van der Waals surface area contributed by atoms with Crippen molar-refractivity contribution in [1.82, 2.24) is 10.2 Å². The molecule has 3 nitrogen and oxygen atoms in total. The van der Waals surface area contributed by atoms with Crippen LogP contribution in [0.1, 0.15) is 30.1 Å². The zero-order valence-corrected chi connectivity index (χ0v) is 14.7. The zero-order valence-electron chi connectivity index (χ0n) is 11.0. The fourth-order valence-electron chi connectivity index (χ4n) is 2.32. The van der Waals surface area contributed by atoms with E-state index in [-0.39, 0.29) is 5.91 Å². The minimum absolute atomic E-state index is 0.00330. The molecule has 104 valence electrons. The summed E-state index contributed by atoms with van der Waals surface area (Å²) in [6, 6.07) is 6.21. The van der Waals surface area contributed by atoms with Gasteiger partial charge in [-0.2, -0.15) is 0 Å². The largest absolute Gasteiger partial charge is 0.350 e. The molecule has 0 aromatic heterocycles. The first-order valence-corrected chi connectivity index (χ1v) is 8.42. The molecule has 0 radical (unpaired) electrons. The molecular formula is C14H18BrIN2O. The summed E-state index contributed by atoms with van der Waals surface area (Å²) in [6.07, 6.45) is 2.56. The van der Waals surface area contributed by atoms with E-state index >= 15 is 0 Å². The maximum atomic E-state index is 12.2. The lowest BCUT2D eigenvalue weighted by molar-refractivity contribution is 0.0939. The Morgan fingerprint density at radius 2 is 2.16 bits per heavy atom. The molecule has 5 heteroatoms. The van der Waals surface area contributed by atoms with Gasteiger partial charge in [-0.15, -0.1) is 0 Å². The van der Waals surface area contributed by atoms with Crippen LogP contribution in [0.5, 0.6) is 0 Å². The summed E-state index contributed by atoms with van der Waals surface area (Å²) in [5.74, 6) is -0.00330. The molecule has 1 aromatic rings. The van der Waals surface area contributed by atoms with E-state index in [1.54, 1.807) is 0 Å². The average molecular weight is 437 g/mol. The van der Waals surface area contributed by atoms with Crippen LogP contribution in [0, 0.1) is 3.57 Å². The molecule has 2 rings (SSSR count). The highest BCUT2D eigenvalue weighted by Crippen LogP contribution is 2.19. The van der Waals surface area contributed by atoms with Crippen molar-refractivity contribution in [2.45, 2.75) is 25.8 Å². The summed E-state index contributed by atoms with van der Waals surface area (Å²) < 4.78 is 1.91. The van der Waals surface area contributed by atoms with Crippen LogP contribution in [-0.4, -0.2) is 36.5 Å². The van der Waals surface area contributed by atoms with E-state index in [1.165, 1.54) is 12.8 Å². The van der Waals surface area contributed by atoms with E-state index in [4.69, 9.17) is 0 Å². The number of benzene rings is 1. The minimum atomic E-state index is -0.00330. The number of carbonyl (C=O) groups is 1. The normalized spacial score (nSPS) is 17.4. The van der Waals surface area contributed by atoms with Crippen molar-refractivity contribution >= 4 is 44.4 Å². The molecule has 1 fully saturated rings. The number of nitrogens with one attached hydrogen (secondary N) is 1. The van der Waals surface area contributed by atoms with Crippen molar-refractivity contribution in [3.63, 3.8) is 0 Å². The SMILES string of the molecule is CC(CNC(=O)c1cc(I)ccc1Br)N1CCCC1. The van der Waals surface area contributed by atoms with E-state index < -0.39 is 0 Å². The van der Waals surface area contributed by atoms with E-state index in [0.717, 1.165) is 21.1 Å². The third-order valence-corrected chi connectivity index (χ3v) is 4.86. The highest BCUT2D eigenvalue weighted by Gasteiger charge is 2.19. The van der Waals surface area contributed by atoms with Crippen LogP contribution in [0.4, 0.5) is 0 Å². The molecule has 0 saturated carbocycles. The molecule has 1 saturated heterocycles. The number of halogens is 2. The van der Waals surface area contributed by atoms with Gasteiger partial charge in [-0.25, -0.2) is 0 Å². The molecular weight excluding hydrogens is 419 g/mol. The van der Waals surface area contributed by atoms with Crippen molar-refractivity contribution in [2.75, 3.05) is 19.6 Å². The Hall–Kier alpha value is -0.140.